The Kier molecular flexibility index (Phi) is 14.6. The minimum Gasteiger partial charge on any atom is -0.509 e. The highest BCUT2D eigenvalue weighted by atomic mass is 32.1. The third-order valence-electron chi connectivity index (χ3n) is 13.7. The number of phenols is 4. The molecule has 350 valence electrons. The number of rotatable bonds is 9. The summed E-state index contributed by atoms with van der Waals surface area (Å²) in [5.74, 6) is -1.17. The van der Waals surface area contributed by atoms with Gasteiger partial charge in [-0.2, -0.15) is 0 Å². The van der Waals surface area contributed by atoms with E-state index < -0.39 is 5.75 Å². The fraction of sp³-hybridized carbons (Fsp3) is 0.0645. The van der Waals surface area contributed by atoms with Gasteiger partial charge in [-0.05, 0) is 146 Å². The summed E-state index contributed by atoms with van der Waals surface area (Å²) in [5, 5.41) is 49.7. The van der Waals surface area contributed by atoms with E-state index in [2.05, 4.69) is 126 Å². The maximum absolute atomic E-state index is 11.0. The summed E-state index contributed by atoms with van der Waals surface area (Å²) in [6.07, 6.45) is 0. The van der Waals surface area contributed by atoms with Crippen LogP contribution in [0.1, 0.15) is 25.0 Å². The van der Waals surface area contributed by atoms with Crippen LogP contribution >= 0.6 is 12.5 Å². The van der Waals surface area contributed by atoms with E-state index in [0.29, 0.717) is 27.7 Å². The molecule has 0 saturated carbocycles. The minimum atomic E-state index is -0.442. The maximum atomic E-state index is 11.0. The first-order chi connectivity index (χ1) is 35.9. The van der Waals surface area contributed by atoms with Crippen LogP contribution in [0.4, 0.5) is 34.1 Å². The summed E-state index contributed by atoms with van der Waals surface area (Å²) < 4.78 is 0. The molecule has 0 saturated heterocycles. The Bertz CT molecular complexity index is 3770. The second kappa shape index (κ2) is 21.2. The van der Waals surface area contributed by atoms with Crippen molar-refractivity contribution in [2.24, 2.45) is 0 Å². The van der Waals surface area contributed by atoms with E-state index in [9.17, 15) is 20.4 Å². The lowest BCUT2D eigenvalue weighted by Gasteiger charge is -2.28. The van der Waals surface area contributed by atoms with Crippen molar-refractivity contribution in [2.45, 2.75) is 27.7 Å². The van der Waals surface area contributed by atoms with Crippen molar-refractivity contribution in [1.82, 2.24) is 0 Å². The Morgan fingerprint density at radius 1 is 0.351 bits per heavy atom. The quantitative estimate of drug-likeness (QED) is 0.0429. The second-order valence-corrected chi connectivity index (χ2v) is 17.7. The average molecular weight is 970 g/mol. The molecule has 0 spiro atoms. The second-order valence-electron chi connectivity index (χ2n) is 17.7. The van der Waals surface area contributed by atoms with Crippen molar-refractivity contribution in [1.29, 1.82) is 0 Å². The van der Waals surface area contributed by atoms with Crippen molar-refractivity contribution in [2.75, 3.05) is 9.80 Å². The maximum Gasteiger partial charge on any atom is 0.165 e. The zero-order chi connectivity index (χ0) is 52.5. The monoisotopic (exact) mass is 970 g/mol. The molecule has 0 bridgehead atoms. The smallest absolute Gasteiger partial charge is 0.165 e. The number of anilines is 6. The molecule has 0 unspecified atom stereocenters. The summed E-state index contributed by atoms with van der Waals surface area (Å²) in [7, 11) is 28.9. The molecule has 4 N–H and O–H groups in total. The summed E-state index contributed by atoms with van der Waals surface area (Å²) in [6.45, 7) is 7.55. The predicted octanol–water partition coefficient (Wildman–Crippen LogP) is 12.2. The van der Waals surface area contributed by atoms with Gasteiger partial charge in [0.15, 0.2) is 18.6 Å². The van der Waals surface area contributed by atoms with E-state index in [0.717, 1.165) is 77.7 Å². The average Bonchev–Trinajstić information content (AvgIpc) is 3.46. The molecule has 0 amide bonds. The lowest BCUT2D eigenvalue weighted by atomic mass is 9.71. The van der Waals surface area contributed by atoms with Crippen LogP contribution in [-0.2, 0) is 0 Å². The number of hydrogen-bond donors (Lipinski definition) is 5. The lowest BCUT2D eigenvalue weighted by Crippen LogP contribution is -2.32. The Morgan fingerprint density at radius 2 is 0.784 bits per heavy atom. The van der Waals surface area contributed by atoms with Crippen LogP contribution in [0.25, 0.3) is 65.7 Å². The molecule has 0 fully saturated rings. The topological polar surface area (TPSA) is 87.4 Å². The van der Waals surface area contributed by atoms with E-state index in [-0.39, 0.29) is 39.2 Å². The number of aromatic hydroxyl groups is 4. The van der Waals surface area contributed by atoms with Gasteiger partial charge in [0.2, 0.25) is 0 Å². The Balaban J connectivity index is 0.00000164. The number of benzene rings is 11. The first-order valence-corrected chi connectivity index (χ1v) is 24.6. The van der Waals surface area contributed by atoms with Crippen LogP contribution in [0.2, 0.25) is 0 Å². The summed E-state index contributed by atoms with van der Waals surface area (Å²) in [5.41, 5.74) is 11.3. The molecule has 6 nitrogen and oxygen atoms in total. The third-order valence-corrected chi connectivity index (χ3v) is 13.7. The molecule has 11 aromatic rings. The molecular formula is C62H47B5N2O4S. The molecule has 0 aromatic heterocycles. The number of nitrogens with zero attached hydrogens (tertiary/aromatic N) is 2. The lowest BCUT2D eigenvalue weighted by molar-refractivity contribution is 0.403. The number of hydrogen-bond acceptors (Lipinski definition) is 7. The molecule has 0 aliphatic carbocycles. The number of phenolic OH excluding ortho intramolecular Hbond substituents is 4. The molecule has 11 rings (SSSR count). The molecule has 12 heteroatoms. The first-order valence-electron chi connectivity index (χ1n) is 24.1. The minimum absolute atomic E-state index is 0.0434. The van der Waals surface area contributed by atoms with Gasteiger partial charge in [0.05, 0.1) is 5.69 Å². The summed E-state index contributed by atoms with van der Waals surface area (Å²) >= 11 is 3.03. The van der Waals surface area contributed by atoms with Crippen molar-refractivity contribution < 1.29 is 20.4 Å². The Morgan fingerprint density at radius 3 is 1.34 bits per heavy atom. The van der Waals surface area contributed by atoms with Gasteiger partial charge in [0, 0.05) is 45.0 Å². The van der Waals surface area contributed by atoms with Crippen molar-refractivity contribution in [3.05, 3.63) is 193 Å². The molecule has 10 radical (unpaired) electrons. The van der Waals surface area contributed by atoms with Gasteiger partial charge < -0.3 is 30.2 Å². The van der Waals surface area contributed by atoms with Gasteiger partial charge in [-0.1, -0.05) is 145 Å². The summed E-state index contributed by atoms with van der Waals surface area (Å²) in [4.78, 5) is 4.41. The van der Waals surface area contributed by atoms with Gasteiger partial charge in [-0.25, -0.2) is 12.5 Å². The Hall–Kier alpha value is -8.07. The fourth-order valence-electron chi connectivity index (χ4n) is 10.0. The van der Waals surface area contributed by atoms with E-state index >= 15 is 0 Å². The highest BCUT2D eigenvalue weighted by molar-refractivity contribution is 8.03. The zero-order valence-electron chi connectivity index (χ0n) is 41.3. The number of para-hydroxylation sites is 2. The van der Waals surface area contributed by atoms with E-state index in [1.54, 1.807) is 6.92 Å². The largest absolute Gasteiger partial charge is 0.509 e. The number of thiol groups is 1. The van der Waals surface area contributed by atoms with Gasteiger partial charge in [-0.15, -0.1) is 0 Å². The van der Waals surface area contributed by atoms with Gasteiger partial charge in [0.1, 0.15) is 42.9 Å². The molecule has 0 atom stereocenters. The van der Waals surface area contributed by atoms with Crippen LogP contribution in [0.3, 0.4) is 0 Å². The van der Waals surface area contributed by atoms with E-state index in [1.807, 2.05) is 106 Å². The summed E-state index contributed by atoms with van der Waals surface area (Å²) in [6, 6.07) is 62.1. The third kappa shape index (κ3) is 8.77. The molecule has 0 heterocycles. The highest BCUT2D eigenvalue weighted by Crippen LogP contribution is 2.47. The standard InChI is InChI=1S/C60H40B4N2O4.C2H6.BHS/c1-33-49(59(69)57(67)34(2)53(33)61)36-15-25-43(26-16-36)65(40-9-5-3-6-10-40)42-23-13-35(14-24-42)45-29-19-37-21-31-47-48(32-22-38-20-30-46(45)50(37)51(38)47)66(41-11-7-4-8-12-41)44-27-17-39(18-28-44)52-54(62)55(63)60(70)56(64)58(52)68;2*1-2/h3-32,67-70H,1-2H3;1-2H3;2H. The van der Waals surface area contributed by atoms with Gasteiger partial charge >= 0.3 is 0 Å². The normalized spacial score (nSPS) is 11.0. The molecular weight excluding hydrogens is 923 g/mol. The van der Waals surface area contributed by atoms with Crippen LogP contribution in [0, 0.1) is 13.8 Å². The fourth-order valence-corrected chi connectivity index (χ4v) is 10.0. The molecule has 0 aliphatic heterocycles. The molecule has 0 aliphatic rings. The molecule has 74 heavy (non-hydrogen) atoms. The van der Waals surface area contributed by atoms with Crippen molar-refractivity contribution in [3.8, 4) is 56.4 Å². The van der Waals surface area contributed by atoms with Crippen LogP contribution in [-0.4, -0.2) is 58.9 Å². The van der Waals surface area contributed by atoms with E-state index in [4.69, 9.17) is 31.4 Å². The highest BCUT2D eigenvalue weighted by Gasteiger charge is 2.23. The first kappa shape index (κ1) is 50.9. The van der Waals surface area contributed by atoms with Crippen LogP contribution in [0.5, 0.6) is 23.0 Å². The predicted molar refractivity (Wildman–Crippen MR) is 320 cm³/mol. The van der Waals surface area contributed by atoms with Gasteiger partial charge in [-0.3, -0.25) is 0 Å². The Labute approximate surface area is 444 Å². The van der Waals surface area contributed by atoms with Crippen LogP contribution < -0.4 is 31.7 Å². The van der Waals surface area contributed by atoms with Crippen molar-refractivity contribution >= 4 is 139 Å². The van der Waals surface area contributed by atoms with Crippen LogP contribution in [0.15, 0.2) is 182 Å². The van der Waals surface area contributed by atoms with Gasteiger partial charge in [0.25, 0.3) is 0 Å². The van der Waals surface area contributed by atoms with E-state index in [1.165, 1.54) is 5.39 Å². The molecule has 11 aromatic carbocycles. The SMILES string of the molecule is CC.[B]S.[B]c1c(C)c(O)c(O)c(-c2ccc(N(c3ccccc3)c3ccc(-c4ccc5ccc6c(N(c7ccccc7)c7ccc(-c8c([B])c([B])c(O)c([B])c8O)cc7)ccc7ccc4c5c76)cc3)cc2)c1C. The zero-order valence-corrected chi connectivity index (χ0v) is 42.2. The van der Waals surface area contributed by atoms with Crippen molar-refractivity contribution in [3.63, 3.8) is 0 Å².